The summed E-state index contributed by atoms with van der Waals surface area (Å²) in [6, 6.07) is 3.80. The molecule has 2 rings (SSSR count). The zero-order valence-corrected chi connectivity index (χ0v) is 7.63. The number of rotatable bonds is 1. The minimum Gasteiger partial charge on any atom is -0.489 e. The lowest BCUT2D eigenvalue weighted by molar-refractivity contribution is -0.384. The number of non-ortho nitro benzene ring substituents is 1. The monoisotopic (exact) mass is 209 g/mol. The molecule has 0 amide bonds. The van der Waals surface area contributed by atoms with Gasteiger partial charge in [0.05, 0.1) is 11.0 Å². The number of benzene rings is 1. The maximum atomic E-state index is 11.3. The molecule has 0 N–H and O–H groups in total. The summed E-state index contributed by atoms with van der Waals surface area (Å²) in [6.07, 6.45) is 0. The number of carbonyl (C=O) groups excluding carboxylic acids is 1. The van der Waals surface area contributed by atoms with Crippen LogP contribution in [-0.2, 0) is 4.74 Å². The van der Waals surface area contributed by atoms with Crippen LogP contribution in [0.25, 0.3) is 0 Å². The van der Waals surface area contributed by atoms with Gasteiger partial charge in [0.1, 0.15) is 24.5 Å². The Morgan fingerprint density at radius 3 is 2.73 bits per heavy atom. The van der Waals surface area contributed by atoms with Gasteiger partial charge < -0.3 is 9.47 Å². The second-order valence-electron chi connectivity index (χ2n) is 2.92. The van der Waals surface area contributed by atoms with Crippen LogP contribution >= 0.6 is 0 Å². The number of nitro groups is 1. The van der Waals surface area contributed by atoms with Crippen LogP contribution in [0.3, 0.4) is 0 Å². The molecule has 1 aliphatic rings. The highest BCUT2D eigenvalue weighted by Gasteiger charge is 2.20. The molecule has 1 aromatic carbocycles. The van der Waals surface area contributed by atoms with Crippen LogP contribution in [0.4, 0.5) is 5.69 Å². The Morgan fingerprint density at radius 1 is 1.27 bits per heavy atom. The Balaban J connectivity index is 2.47. The predicted octanol–water partition coefficient (Wildman–Crippen LogP) is 1.14. The second kappa shape index (κ2) is 3.56. The van der Waals surface area contributed by atoms with Crippen LogP contribution in [0, 0.1) is 10.1 Å². The summed E-state index contributed by atoms with van der Waals surface area (Å²) in [5.74, 6) is -0.316. The maximum absolute atomic E-state index is 11.3. The van der Waals surface area contributed by atoms with Crippen molar-refractivity contribution >= 4 is 11.7 Å². The lowest BCUT2D eigenvalue weighted by Gasteiger charge is -2.02. The maximum Gasteiger partial charge on any atom is 0.342 e. The van der Waals surface area contributed by atoms with Crippen molar-refractivity contribution in [3.63, 3.8) is 0 Å². The standard InChI is InChI=1S/C9H7NO5/c11-9-7-2-1-6(10(12)13)5-8(7)14-3-4-15-9/h1-2,5H,3-4H2. The van der Waals surface area contributed by atoms with Gasteiger partial charge in [-0.2, -0.15) is 0 Å². The van der Waals surface area contributed by atoms with E-state index in [-0.39, 0.29) is 30.2 Å². The molecule has 0 spiro atoms. The molecule has 78 valence electrons. The van der Waals surface area contributed by atoms with E-state index in [1.54, 1.807) is 0 Å². The van der Waals surface area contributed by atoms with Gasteiger partial charge in [-0.15, -0.1) is 0 Å². The number of esters is 1. The van der Waals surface area contributed by atoms with Crippen LogP contribution in [0.1, 0.15) is 10.4 Å². The van der Waals surface area contributed by atoms with Gasteiger partial charge in [-0.1, -0.05) is 0 Å². The number of cyclic esters (lactones) is 1. The van der Waals surface area contributed by atoms with Gasteiger partial charge in [-0.3, -0.25) is 10.1 Å². The van der Waals surface area contributed by atoms with E-state index in [1.165, 1.54) is 18.2 Å². The average molecular weight is 209 g/mol. The van der Waals surface area contributed by atoms with E-state index < -0.39 is 10.9 Å². The molecule has 0 bridgehead atoms. The molecule has 0 fully saturated rings. The molecular formula is C9H7NO5. The quantitative estimate of drug-likeness (QED) is 0.393. The molecule has 0 saturated carbocycles. The Kier molecular flexibility index (Phi) is 2.24. The van der Waals surface area contributed by atoms with E-state index in [0.29, 0.717) is 0 Å². The number of nitrogens with zero attached hydrogens (tertiary/aromatic N) is 1. The first kappa shape index (κ1) is 9.45. The third-order valence-corrected chi connectivity index (χ3v) is 1.97. The highest BCUT2D eigenvalue weighted by molar-refractivity contribution is 5.93. The van der Waals surface area contributed by atoms with Gasteiger partial charge in [0.25, 0.3) is 5.69 Å². The lowest BCUT2D eigenvalue weighted by atomic mass is 10.2. The molecule has 0 unspecified atom stereocenters. The normalized spacial score (nSPS) is 14.5. The summed E-state index contributed by atoms with van der Waals surface area (Å²) in [6.45, 7) is 0.362. The van der Waals surface area contributed by atoms with Crippen LogP contribution in [0.5, 0.6) is 5.75 Å². The first-order chi connectivity index (χ1) is 7.18. The van der Waals surface area contributed by atoms with Gasteiger partial charge in [0.15, 0.2) is 0 Å². The number of carbonyl (C=O) groups is 1. The number of nitro benzene ring substituents is 1. The van der Waals surface area contributed by atoms with Gasteiger partial charge in [-0.05, 0) is 6.07 Å². The highest BCUT2D eigenvalue weighted by Crippen LogP contribution is 2.26. The van der Waals surface area contributed by atoms with Crippen molar-refractivity contribution in [2.75, 3.05) is 13.2 Å². The molecule has 15 heavy (non-hydrogen) atoms. The number of ether oxygens (including phenoxy) is 2. The molecule has 0 saturated heterocycles. The minimum atomic E-state index is -0.542. The van der Waals surface area contributed by atoms with Crippen LogP contribution in [-0.4, -0.2) is 24.1 Å². The third-order valence-electron chi connectivity index (χ3n) is 1.97. The zero-order valence-electron chi connectivity index (χ0n) is 7.63. The first-order valence-corrected chi connectivity index (χ1v) is 4.27. The molecule has 0 aromatic heterocycles. The van der Waals surface area contributed by atoms with Crippen molar-refractivity contribution in [3.8, 4) is 5.75 Å². The fraction of sp³-hybridized carbons (Fsp3) is 0.222. The summed E-state index contributed by atoms with van der Waals surface area (Å²) in [5.41, 5.74) is 0.113. The summed E-state index contributed by atoms with van der Waals surface area (Å²) < 4.78 is 9.96. The van der Waals surface area contributed by atoms with Crippen LogP contribution < -0.4 is 4.74 Å². The lowest BCUT2D eigenvalue weighted by Crippen LogP contribution is -2.05. The first-order valence-electron chi connectivity index (χ1n) is 4.27. The number of hydrogen-bond acceptors (Lipinski definition) is 5. The molecule has 0 radical (unpaired) electrons. The minimum absolute atomic E-state index is 0.108. The van der Waals surface area contributed by atoms with Crippen molar-refractivity contribution in [1.29, 1.82) is 0 Å². The Labute approximate surface area is 84.6 Å². The SMILES string of the molecule is O=C1OCCOc2cc([N+](=O)[O-])ccc21. The fourth-order valence-corrected chi connectivity index (χ4v) is 1.28. The Bertz CT molecular complexity index is 429. The van der Waals surface area contributed by atoms with Gasteiger partial charge in [0, 0.05) is 6.07 Å². The van der Waals surface area contributed by atoms with Gasteiger partial charge in [0.2, 0.25) is 0 Å². The molecular weight excluding hydrogens is 202 g/mol. The van der Waals surface area contributed by atoms with Crippen molar-refractivity contribution in [2.24, 2.45) is 0 Å². The number of fused-ring (bicyclic) bond motifs is 1. The molecule has 6 nitrogen and oxygen atoms in total. The van der Waals surface area contributed by atoms with Crippen molar-refractivity contribution < 1.29 is 19.2 Å². The van der Waals surface area contributed by atoms with Crippen molar-refractivity contribution in [1.82, 2.24) is 0 Å². The molecule has 1 heterocycles. The smallest absolute Gasteiger partial charge is 0.342 e. The fourth-order valence-electron chi connectivity index (χ4n) is 1.28. The van der Waals surface area contributed by atoms with Crippen LogP contribution in [0.2, 0.25) is 0 Å². The predicted molar refractivity (Wildman–Crippen MR) is 48.9 cm³/mol. The van der Waals surface area contributed by atoms with E-state index in [0.717, 1.165) is 0 Å². The topological polar surface area (TPSA) is 78.7 Å². The summed E-state index contributed by atoms with van der Waals surface area (Å²) in [7, 11) is 0. The number of hydrogen-bond donors (Lipinski definition) is 0. The summed E-state index contributed by atoms with van der Waals surface area (Å²) >= 11 is 0. The van der Waals surface area contributed by atoms with Crippen molar-refractivity contribution in [2.45, 2.75) is 0 Å². The molecule has 1 aliphatic heterocycles. The second-order valence-corrected chi connectivity index (χ2v) is 2.92. The highest BCUT2D eigenvalue weighted by atomic mass is 16.6. The largest absolute Gasteiger partial charge is 0.489 e. The Morgan fingerprint density at radius 2 is 2.00 bits per heavy atom. The van der Waals surface area contributed by atoms with Crippen LogP contribution in [0.15, 0.2) is 18.2 Å². The molecule has 6 heteroatoms. The van der Waals surface area contributed by atoms with Gasteiger partial charge >= 0.3 is 5.97 Å². The summed E-state index contributed by atoms with van der Waals surface area (Å²) in [4.78, 5) is 21.3. The third kappa shape index (κ3) is 1.74. The van der Waals surface area contributed by atoms with E-state index in [4.69, 9.17) is 9.47 Å². The molecule has 0 aliphatic carbocycles. The molecule has 1 aromatic rings. The molecule has 0 atom stereocenters. The average Bonchev–Trinajstić information content (AvgIpc) is 2.40. The van der Waals surface area contributed by atoms with E-state index in [9.17, 15) is 14.9 Å². The van der Waals surface area contributed by atoms with Gasteiger partial charge in [-0.25, -0.2) is 4.79 Å². The Hall–Kier alpha value is -2.11. The van der Waals surface area contributed by atoms with Crippen molar-refractivity contribution in [3.05, 3.63) is 33.9 Å². The van der Waals surface area contributed by atoms with E-state index >= 15 is 0 Å². The van der Waals surface area contributed by atoms with E-state index in [1.807, 2.05) is 0 Å². The zero-order chi connectivity index (χ0) is 10.8. The van der Waals surface area contributed by atoms with E-state index in [2.05, 4.69) is 0 Å². The summed E-state index contributed by atoms with van der Waals surface area (Å²) in [5, 5.41) is 10.5.